The average Bonchev–Trinajstić information content (AvgIpc) is 2.47. The fraction of sp³-hybridized carbons (Fsp3) is 0. The van der Waals surface area contributed by atoms with Gasteiger partial charge in [0, 0.05) is 0 Å². The van der Waals surface area contributed by atoms with Gasteiger partial charge in [0.1, 0.15) is 0 Å². The van der Waals surface area contributed by atoms with Crippen LogP contribution in [-0.4, -0.2) is 18.7 Å². The summed E-state index contributed by atoms with van der Waals surface area (Å²) in [5, 5.41) is 0. The maximum absolute atomic E-state index is 10.8. The minimum absolute atomic E-state index is 0.783. The Morgan fingerprint density at radius 1 is 0.857 bits per heavy atom. The van der Waals surface area contributed by atoms with Crippen LogP contribution in [0.1, 0.15) is 11.1 Å². The Labute approximate surface area is 128 Å². The molecule has 1 unspecified atom stereocenters. The Kier molecular flexibility index (Phi) is 4.06. The molecule has 6 heteroatoms. The molecule has 0 spiro atoms. The Hall–Kier alpha value is -1.30. The van der Waals surface area contributed by atoms with Crippen molar-refractivity contribution in [3.63, 3.8) is 0 Å². The van der Waals surface area contributed by atoms with E-state index in [9.17, 15) is 14.0 Å². The Morgan fingerprint density at radius 3 is 2.24 bits per heavy atom. The van der Waals surface area contributed by atoms with Crippen molar-refractivity contribution < 1.29 is 27.6 Å². The summed E-state index contributed by atoms with van der Waals surface area (Å²) in [7, 11) is -4.42. The average molecular weight is 370 g/mol. The van der Waals surface area contributed by atoms with E-state index in [1.54, 1.807) is 4.92 Å². The van der Waals surface area contributed by atoms with Crippen molar-refractivity contribution in [3.8, 4) is 0 Å². The van der Waals surface area contributed by atoms with Crippen molar-refractivity contribution >= 4 is 28.7 Å². The Bertz CT molecular complexity index is 720. The molecule has 0 N–H and O–H groups in total. The zero-order chi connectivity index (χ0) is 14.9. The van der Waals surface area contributed by atoms with E-state index in [1.807, 2.05) is 60.7 Å². The van der Waals surface area contributed by atoms with E-state index in [1.165, 1.54) is 0 Å². The number of hydrogen-bond acceptors (Lipinski definition) is 4. The molecule has 2 aromatic carbocycles. The first-order valence-corrected chi connectivity index (χ1v) is 9.86. The second kappa shape index (κ2) is 5.83. The summed E-state index contributed by atoms with van der Waals surface area (Å²) in [5.41, 5.74) is 2.94. The molecule has 0 saturated heterocycles. The first kappa shape index (κ1) is 14.6. The first-order chi connectivity index (χ1) is 10.0. The maximum atomic E-state index is 10.8. The van der Waals surface area contributed by atoms with Crippen LogP contribution < -0.4 is 18.4 Å². The summed E-state index contributed by atoms with van der Waals surface area (Å²) in [6.45, 7) is 0. The topological polar surface area (TPSA) is 78.4 Å². The van der Waals surface area contributed by atoms with Gasteiger partial charge >= 0.3 is 128 Å². The molecule has 1 atom stereocenters. The van der Waals surface area contributed by atoms with E-state index >= 15 is 0 Å². The van der Waals surface area contributed by atoms with Gasteiger partial charge in [0.2, 0.25) is 0 Å². The van der Waals surface area contributed by atoms with Gasteiger partial charge in [-0.2, -0.15) is 0 Å². The van der Waals surface area contributed by atoms with Gasteiger partial charge in [0.25, 0.3) is 0 Å². The minimum atomic E-state index is -4.42. The molecule has 1 aliphatic rings. The van der Waals surface area contributed by atoms with Crippen LogP contribution in [0, 0.1) is 10.2 Å². The summed E-state index contributed by atoms with van der Waals surface area (Å²) in [6, 6.07) is 17.2. The first-order valence-electron chi connectivity index (χ1n) is 6.08. The van der Waals surface area contributed by atoms with Crippen LogP contribution in [-0.2, 0) is 3.37 Å². The SMILES string of the molecule is [O-][Cl+3]([O-])([O-])O[Se]1=CC=C(c2ccccc2)c2ccccc21. The zero-order valence-corrected chi connectivity index (χ0v) is 13.2. The molecule has 0 amide bonds. The van der Waals surface area contributed by atoms with Gasteiger partial charge in [-0.3, -0.25) is 0 Å². The standard InChI is InChI=1S/C15H11ClO4Se/c17-16(18,19)20-21-11-10-13(12-6-2-1-3-7-12)14-8-4-5-9-15(14)21/h1-11H. The van der Waals surface area contributed by atoms with Crippen LogP contribution in [0.25, 0.3) is 5.57 Å². The van der Waals surface area contributed by atoms with Crippen LogP contribution in [0.2, 0.25) is 0 Å². The monoisotopic (exact) mass is 370 g/mol. The summed E-state index contributed by atoms with van der Waals surface area (Å²) >= 11 is -2.27. The van der Waals surface area contributed by atoms with Crippen LogP contribution in [0.3, 0.4) is 0 Å². The molecule has 0 aromatic heterocycles. The number of allylic oxidation sites excluding steroid dienone is 1. The molecule has 0 bridgehead atoms. The van der Waals surface area contributed by atoms with E-state index < -0.39 is 24.0 Å². The van der Waals surface area contributed by atoms with E-state index in [-0.39, 0.29) is 0 Å². The molecule has 108 valence electrons. The van der Waals surface area contributed by atoms with Crippen LogP contribution >= 0.6 is 0 Å². The Balaban J connectivity index is 2.10. The molecular weight excluding hydrogens is 359 g/mol. The molecule has 2 aromatic rings. The van der Waals surface area contributed by atoms with Crippen LogP contribution in [0.5, 0.6) is 0 Å². The number of benzene rings is 2. The third kappa shape index (κ3) is 3.31. The van der Waals surface area contributed by atoms with Crippen molar-refractivity contribution in [1.82, 2.24) is 0 Å². The van der Waals surface area contributed by atoms with Gasteiger partial charge in [-0.15, -0.1) is 0 Å². The quantitative estimate of drug-likeness (QED) is 0.625. The summed E-state index contributed by atoms with van der Waals surface area (Å²) in [4.78, 5) is 1.70. The van der Waals surface area contributed by atoms with Crippen LogP contribution in [0.4, 0.5) is 0 Å². The number of fused-ring (bicyclic) bond motifs is 1. The van der Waals surface area contributed by atoms with Crippen LogP contribution in [0.15, 0.2) is 60.7 Å². The van der Waals surface area contributed by atoms with Gasteiger partial charge in [0.05, 0.1) is 0 Å². The number of hydrogen-bond donors (Lipinski definition) is 0. The van der Waals surface area contributed by atoms with Gasteiger partial charge in [-0.25, -0.2) is 0 Å². The molecule has 0 aliphatic carbocycles. The molecule has 3 rings (SSSR count). The normalized spacial score (nSPS) is 17.7. The molecular formula is C15H11ClO4Se. The molecule has 0 radical (unpaired) electrons. The second-order valence-electron chi connectivity index (χ2n) is 4.32. The molecule has 0 saturated carbocycles. The third-order valence-corrected chi connectivity index (χ3v) is 7.56. The zero-order valence-electron chi connectivity index (χ0n) is 10.8. The van der Waals surface area contributed by atoms with E-state index in [0.717, 1.165) is 21.2 Å². The van der Waals surface area contributed by atoms with Gasteiger partial charge in [-0.05, 0) is 0 Å². The van der Waals surface area contributed by atoms with E-state index in [0.29, 0.717) is 0 Å². The van der Waals surface area contributed by atoms with Gasteiger partial charge < -0.3 is 0 Å². The van der Waals surface area contributed by atoms with E-state index in [4.69, 9.17) is 3.37 Å². The molecule has 4 nitrogen and oxygen atoms in total. The number of halogens is 1. The van der Waals surface area contributed by atoms with Crippen molar-refractivity contribution in [2.24, 2.45) is 0 Å². The van der Waals surface area contributed by atoms with Crippen molar-refractivity contribution in [3.05, 3.63) is 71.8 Å². The number of rotatable bonds is 3. The summed E-state index contributed by atoms with van der Waals surface area (Å²) in [6.07, 6.45) is 1.84. The predicted molar refractivity (Wildman–Crippen MR) is 72.5 cm³/mol. The fourth-order valence-electron chi connectivity index (χ4n) is 2.17. The Morgan fingerprint density at radius 2 is 1.52 bits per heavy atom. The summed E-state index contributed by atoms with van der Waals surface area (Å²) in [5.74, 6) is 0. The fourth-order valence-corrected chi connectivity index (χ4v) is 6.31. The molecule has 21 heavy (non-hydrogen) atoms. The predicted octanol–water partition coefficient (Wildman–Crippen LogP) is -1.37. The van der Waals surface area contributed by atoms with Crippen molar-refractivity contribution in [1.29, 1.82) is 0 Å². The molecule has 1 aliphatic heterocycles. The van der Waals surface area contributed by atoms with Crippen molar-refractivity contribution in [2.75, 3.05) is 0 Å². The molecule has 0 fully saturated rings. The van der Waals surface area contributed by atoms with Gasteiger partial charge in [-0.1, -0.05) is 0 Å². The molecule has 1 heterocycles. The summed E-state index contributed by atoms with van der Waals surface area (Å²) < 4.78 is 38.0. The van der Waals surface area contributed by atoms with Crippen molar-refractivity contribution in [2.45, 2.75) is 0 Å². The van der Waals surface area contributed by atoms with E-state index in [2.05, 4.69) is 0 Å². The third-order valence-electron chi connectivity index (χ3n) is 2.98. The van der Waals surface area contributed by atoms with Gasteiger partial charge in [0.15, 0.2) is 0 Å². The second-order valence-corrected chi connectivity index (χ2v) is 8.73.